The van der Waals surface area contributed by atoms with E-state index in [1.54, 1.807) is 17.8 Å². The Kier molecular flexibility index (Phi) is 6.06. The molecule has 0 radical (unpaired) electrons. The predicted octanol–water partition coefficient (Wildman–Crippen LogP) is 4.78. The molecule has 1 unspecified atom stereocenters. The number of rotatable bonds is 5. The normalized spacial score (nSPS) is 17.2. The van der Waals surface area contributed by atoms with Gasteiger partial charge in [-0.15, -0.1) is 11.8 Å². The standard InChI is InChI=1S/C18H17Cl2NO2S/c19-15-8-4-7-14(17(15)20)18-21(9-10-24-18)16(22)12-23-11-13-5-2-1-3-6-13/h1-8,18H,9-12H2. The third-order valence-corrected chi connectivity index (χ3v) is 5.87. The molecule has 1 saturated heterocycles. The number of carbonyl (C=O) groups excluding carboxylic acids is 1. The zero-order chi connectivity index (χ0) is 16.9. The number of hydrogen-bond acceptors (Lipinski definition) is 3. The van der Waals surface area contributed by atoms with Gasteiger partial charge in [-0.3, -0.25) is 4.79 Å². The molecular weight excluding hydrogens is 365 g/mol. The van der Waals surface area contributed by atoms with E-state index in [9.17, 15) is 4.79 Å². The summed E-state index contributed by atoms with van der Waals surface area (Å²) < 4.78 is 5.57. The van der Waals surface area contributed by atoms with E-state index in [-0.39, 0.29) is 17.9 Å². The molecule has 0 aromatic heterocycles. The maximum Gasteiger partial charge on any atom is 0.249 e. The molecule has 2 aromatic rings. The highest BCUT2D eigenvalue weighted by atomic mass is 35.5. The lowest BCUT2D eigenvalue weighted by Crippen LogP contribution is -2.33. The van der Waals surface area contributed by atoms with E-state index in [0.717, 1.165) is 16.9 Å². The Bertz CT molecular complexity index is 711. The summed E-state index contributed by atoms with van der Waals surface area (Å²) in [7, 11) is 0. The number of amides is 1. The average molecular weight is 382 g/mol. The van der Waals surface area contributed by atoms with Gasteiger partial charge in [-0.1, -0.05) is 65.7 Å². The summed E-state index contributed by atoms with van der Waals surface area (Å²) in [5.41, 5.74) is 1.93. The van der Waals surface area contributed by atoms with E-state index in [0.29, 0.717) is 23.2 Å². The van der Waals surface area contributed by atoms with Crippen LogP contribution >= 0.6 is 35.0 Å². The fourth-order valence-electron chi connectivity index (χ4n) is 2.61. The largest absolute Gasteiger partial charge is 0.367 e. The molecule has 1 aliphatic heterocycles. The van der Waals surface area contributed by atoms with Crippen molar-refractivity contribution in [3.8, 4) is 0 Å². The number of ether oxygens (including phenoxy) is 1. The highest BCUT2D eigenvalue weighted by Crippen LogP contribution is 2.42. The van der Waals surface area contributed by atoms with E-state index in [1.807, 2.05) is 47.4 Å². The average Bonchev–Trinajstić information content (AvgIpc) is 3.08. The number of nitrogens with zero attached hydrogens (tertiary/aromatic N) is 1. The monoisotopic (exact) mass is 381 g/mol. The molecule has 0 bridgehead atoms. The molecule has 1 amide bonds. The molecule has 1 atom stereocenters. The van der Waals surface area contributed by atoms with Crippen LogP contribution in [0.5, 0.6) is 0 Å². The van der Waals surface area contributed by atoms with E-state index in [4.69, 9.17) is 27.9 Å². The first-order chi connectivity index (χ1) is 11.7. The lowest BCUT2D eigenvalue weighted by Gasteiger charge is -2.25. The second-order valence-electron chi connectivity index (χ2n) is 5.43. The van der Waals surface area contributed by atoms with Gasteiger partial charge in [0.25, 0.3) is 0 Å². The molecule has 0 N–H and O–H groups in total. The number of carbonyl (C=O) groups is 1. The smallest absolute Gasteiger partial charge is 0.249 e. The summed E-state index contributed by atoms with van der Waals surface area (Å²) in [6.07, 6.45) is 0. The van der Waals surface area contributed by atoms with Gasteiger partial charge in [0, 0.05) is 17.9 Å². The van der Waals surface area contributed by atoms with Crippen LogP contribution in [0.1, 0.15) is 16.5 Å². The topological polar surface area (TPSA) is 29.5 Å². The van der Waals surface area contributed by atoms with Gasteiger partial charge in [0.05, 0.1) is 16.7 Å². The van der Waals surface area contributed by atoms with Crippen LogP contribution in [0.3, 0.4) is 0 Å². The Hall–Kier alpha value is -1.20. The molecule has 1 heterocycles. The Morgan fingerprint density at radius 2 is 1.96 bits per heavy atom. The SMILES string of the molecule is O=C(COCc1ccccc1)N1CCSC1c1cccc(Cl)c1Cl. The van der Waals surface area contributed by atoms with Gasteiger partial charge in [0.1, 0.15) is 12.0 Å². The van der Waals surface area contributed by atoms with Crippen molar-refractivity contribution in [2.24, 2.45) is 0 Å². The molecule has 126 valence electrons. The third kappa shape index (κ3) is 4.06. The van der Waals surface area contributed by atoms with Crippen LogP contribution in [0, 0.1) is 0 Å². The minimum absolute atomic E-state index is 0.0306. The fourth-order valence-corrected chi connectivity index (χ4v) is 4.39. The molecular formula is C18H17Cl2NO2S. The summed E-state index contributed by atoms with van der Waals surface area (Å²) in [5, 5.41) is 0.917. The van der Waals surface area contributed by atoms with Crippen LogP contribution in [0.4, 0.5) is 0 Å². The Morgan fingerprint density at radius 3 is 2.75 bits per heavy atom. The second-order valence-corrected chi connectivity index (χ2v) is 7.40. The van der Waals surface area contributed by atoms with Crippen LogP contribution in [0.15, 0.2) is 48.5 Å². The third-order valence-electron chi connectivity index (χ3n) is 3.80. The van der Waals surface area contributed by atoms with Crippen molar-refractivity contribution in [1.82, 2.24) is 4.90 Å². The quantitative estimate of drug-likeness (QED) is 0.745. The van der Waals surface area contributed by atoms with Crippen LogP contribution in [-0.4, -0.2) is 29.7 Å². The van der Waals surface area contributed by atoms with Crippen molar-refractivity contribution in [3.05, 3.63) is 69.7 Å². The van der Waals surface area contributed by atoms with Gasteiger partial charge in [-0.2, -0.15) is 0 Å². The molecule has 6 heteroatoms. The molecule has 1 fully saturated rings. The van der Waals surface area contributed by atoms with Crippen LogP contribution in [-0.2, 0) is 16.1 Å². The van der Waals surface area contributed by atoms with Crippen LogP contribution in [0.2, 0.25) is 10.0 Å². The minimum atomic E-state index is -0.107. The molecule has 1 aliphatic rings. The van der Waals surface area contributed by atoms with Crippen molar-refractivity contribution in [3.63, 3.8) is 0 Å². The van der Waals surface area contributed by atoms with Gasteiger partial charge in [0.15, 0.2) is 0 Å². The lowest BCUT2D eigenvalue weighted by molar-refractivity contribution is -0.136. The van der Waals surface area contributed by atoms with Crippen LogP contribution < -0.4 is 0 Å². The Balaban J connectivity index is 1.62. The molecule has 3 nitrogen and oxygen atoms in total. The van der Waals surface area contributed by atoms with E-state index in [1.165, 1.54) is 0 Å². The summed E-state index contributed by atoms with van der Waals surface area (Å²) in [6.45, 7) is 1.17. The first-order valence-corrected chi connectivity index (χ1v) is 9.44. The molecule has 2 aromatic carbocycles. The molecule has 0 aliphatic carbocycles. The summed E-state index contributed by atoms with van der Waals surface area (Å²) in [5.74, 6) is 0.842. The van der Waals surface area contributed by atoms with E-state index >= 15 is 0 Å². The van der Waals surface area contributed by atoms with Gasteiger partial charge in [-0.25, -0.2) is 0 Å². The lowest BCUT2D eigenvalue weighted by atomic mass is 10.2. The number of benzene rings is 2. The molecule has 0 spiro atoms. The maximum atomic E-state index is 12.5. The Morgan fingerprint density at radius 1 is 1.17 bits per heavy atom. The summed E-state index contributed by atoms with van der Waals surface area (Å²) in [4.78, 5) is 14.3. The van der Waals surface area contributed by atoms with E-state index in [2.05, 4.69) is 0 Å². The van der Waals surface area contributed by atoms with Gasteiger partial charge < -0.3 is 9.64 Å². The minimum Gasteiger partial charge on any atom is -0.367 e. The zero-order valence-corrected chi connectivity index (χ0v) is 15.3. The highest BCUT2D eigenvalue weighted by molar-refractivity contribution is 7.99. The Labute approximate surface area is 155 Å². The number of thioether (sulfide) groups is 1. The van der Waals surface area contributed by atoms with Gasteiger partial charge >= 0.3 is 0 Å². The maximum absolute atomic E-state index is 12.5. The van der Waals surface area contributed by atoms with Crippen LogP contribution in [0.25, 0.3) is 0 Å². The number of halogens is 2. The van der Waals surface area contributed by atoms with Gasteiger partial charge in [0.2, 0.25) is 5.91 Å². The van der Waals surface area contributed by atoms with Gasteiger partial charge in [-0.05, 0) is 11.6 Å². The molecule has 0 saturated carbocycles. The zero-order valence-electron chi connectivity index (χ0n) is 13.0. The first kappa shape index (κ1) is 17.6. The van der Waals surface area contributed by atoms with Crippen molar-refractivity contribution < 1.29 is 9.53 Å². The van der Waals surface area contributed by atoms with Crippen molar-refractivity contribution in [1.29, 1.82) is 0 Å². The fraction of sp³-hybridized carbons (Fsp3) is 0.278. The predicted molar refractivity (Wildman–Crippen MR) is 99.5 cm³/mol. The van der Waals surface area contributed by atoms with Crippen molar-refractivity contribution in [2.75, 3.05) is 18.9 Å². The molecule has 24 heavy (non-hydrogen) atoms. The summed E-state index contributed by atoms with van der Waals surface area (Å²) in [6, 6.07) is 15.3. The summed E-state index contributed by atoms with van der Waals surface area (Å²) >= 11 is 14.1. The number of hydrogen-bond donors (Lipinski definition) is 0. The second kappa shape index (κ2) is 8.26. The van der Waals surface area contributed by atoms with Crippen molar-refractivity contribution in [2.45, 2.75) is 12.0 Å². The van der Waals surface area contributed by atoms with Crippen molar-refractivity contribution >= 4 is 40.9 Å². The first-order valence-electron chi connectivity index (χ1n) is 7.63. The molecule has 3 rings (SSSR count). The van der Waals surface area contributed by atoms with E-state index < -0.39 is 0 Å². The highest BCUT2D eigenvalue weighted by Gasteiger charge is 2.32.